The van der Waals surface area contributed by atoms with Crippen molar-refractivity contribution in [1.82, 2.24) is 14.9 Å². The van der Waals surface area contributed by atoms with Gasteiger partial charge in [-0.05, 0) is 55.8 Å². The van der Waals surface area contributed by atoms with E-state index >= 15 is 0 Å². The number of piperidine rings is 1. The first-order valence-electron chi connectivity index (χ1n) is 9.62. The highest BCUT2D eigenvalue weighted by atomic mass is 35.5. The third kappa shape index (κ3) is 3.11. The average Bonchev–Trinajstić information content (AvgIpc) is 3.12. The lowest BCUT2D eigenvalue weighted by Gasteiger charge is -2.23. The molecule has 4 heteroatoms. The van der Waals surface area contributed by atoms with Crippen molar-refractivity contribution in [2.75, 3.05) is 13.1 Å². The van der Waals surface area contributed by atoms with Gasteiger partial charge in [0.05, 0.1) is 16.7 Å². The third-order valence-electron chi connectivity index (χ3n) is 5.61. The molecule has 136 valence electrons. The molecule has 0 amide bonds. The molecular weight excluding hydrogens is 354 g/mol. The molecule has 0 saturated carbocycles. The molecule has 27 heavy (non-hydrogen) atoms. The van der Waals surface area contributed by atoms with Crippen LogP contribution in [-0.4, -0.2) is 22.6 Å². The van der Waals surface area contributed by atoms with Gasteiger partial charge in [-0.15, -0.1) is 0 Å². The Hall–Kier alpha value is -2.36. The summed E-state index contributed by atoms with van der Waals surface area (Å²) in [6, 6.07) is 18.9. The zero-order valence-electron chi connectivity index (χ0n) is 15.2. The zero-order valence-corrected chi connectivity index (χ0v) is 15.9. The molecule has 2 aromatic heterocycles. The lowest BCUT2D eigenvalue weighted by atomic mass is 9.91. The van der Waals surface area contributed by atoms with Crippen LogP contribution in [0.5, 0.6) is 0 Å². The molecule has 5 rings (SSSR count). The van der Waals surface area contributed by atoms with Gasteiger partial charge in [-0.3, -0.25) is 4.98 Å². The molecule has 3 heterocycles. The normalized spacial score (nSPS) is 15.6. The van der Waals surface area contributed by atoms with E-state index in [1.165, 1.54) is 27.5 Å². The number of fused-ring (bicyclic) bond motifs is 3. The molecule has 0 atom stereocenters. The zero-order chi connectivity index (χ0) is 18.2. The van der Waals surface area contributed by atoms with E-state index in [0.717, 1.165) is 43.0 Å². The maximum atomic E-state index is 6.20. The largest absolute Gasteiger partial charge is 0.342 e. The summed E-state index contributed by atoms with van der Waals surface area (Å²) in [4.78, 5) is 5.10. The van der Waals surface area contributed by atoms with E-state index in [1.54, 1.807) is 0 Å². The Kier molecular flexibility index (Phi) is 4.35. The number of pyridine rings is 1. The number of aromatic nitrogens is 2. The molecule has 1 fully saturated rings. The van der Waals surface area contributed by atoms with E-state index in [0.29, 0.717) is 5.92 Å². The number of rotatable bonds is 3. The van der Waals surface area contributed by atoms with E-state index in [1.807, 2.05) is 18.2 Å². The Morgan fingerprint density at radius 3 is 2.70 bits per heavy atom. The Morgan fingerprint density at radius 1 is 1.00 bits per heavy atom. The van der Waals surface area contributed by atoms with Gasteiger partial charge in [-0.2, -0.15) is 0 Å². The van der Waals surface area contributed by atoms with Crippen LogP contribution in [-0.2, 0) is 6.54 Å². The number of para-hydroxylation sites is 1. The van der Waals surface area contributed by atoms with Gasteiger partial charge < -0.3 is 9.88 Å². The van der Waals surface area contributed by atoms with Crippen LogP contribution >= 0.6 is 11.6 Å². The van der Waals surface area contributed by atoms with Crippen LogP contribution in [0.2, 0.25) is 5.02 Å². The molecule has 0 spiro atoms. The summed E-state index contributed by atoms with van der Waals surface area (Å²) >= 11 is 6.20. The maximum Gasteiger partial charge on any atom is 0.0726 e. The molecule has 4 aromatic rings. The predicted molar refractivity (Wildman–Crippen MR) is 113 cm³/mol. The summed E-state index contributed by atoms with van der Waals surface area (Å²) in [6.07, 6.45) is 4.50. The van der Waals surface area contributed by atoms with Gasteiger partial charge in [0.15, 0.2) is 0 Å². The van der Waals surface area contributed by atoms with Gasteiger partial charge in [0.1, 0.15) is 0 Å². The first kappa shape index (κ1) is 16.8. The number of hydrogen-bond acceptors (Lipinski definition) is 2. The molecule has 0 unspecified atom stereocenters. The fourth-order valence-electron chi connectivity index (χ4n) is 4.31. The quantitative estimate of drug-likeness (QED) is 0.522. The van der Waals surface area contributed by atoms with Crippen molar-refractivity contribution in [3.63, 3.8) is 0 Å². The van der Waals surface area contributed by atoms with Crippen molar-refractivity contribution in [3.05, 3.63) is 77.1 Å². The van der Waals surface area contributed by atoms with Crippen molar-refractivity contribution >= 4 is 33.4 Å². The fourth-order valence-corrected chi connectivity index (χ4v) is 4.52. The molecule has 1 aliphatic heterocycles. The van der Waals surface area contributed by atoms with Crippen molar-refractivity contribution in [1.29, 1.82) is 0 Å². The number of nitrogens with zero attached hydrogens (tertiary/aromatic N) is 2. The van der Waals surface area contributed by atoms with E-state index in [9.17, 15) is 0 Å². The third-order valence-corrected chi connectivity index (χ3v) is 5.84. The van der Waals surface area contributed by atoms with Crippen molar-refractivity contribution in [2.24, 2.45) is 0 Å². The Balaban J connectivity index is 1.69. The molecule has 1 saturated heterocycles. The molecule has 2 aromatic carbocycles. The highest BCUT2D eigenvalue weighted by molar-refractivity contribution is 6.30. The van der Waals surface area contributed by atoms with E-state index in [2.05, 4.69) is 52.5 Å². The number of nitrogens with one attached hydrogen (secondary N) is 1. The number of hydrogen-bond donors (Lipinski definition) is 1. The maximum absolute atomic E-state index is 6.20. The smallest absolute Gasteiger partial charge is 0.0726 e. The van der Waals surface area contributed by atoms with Crippen molar-refractivity contribution in [2.45, 2.75) is 25.3 Å². The van der Waals surface area contributed by atoms with Gasteiger partial charge in [-0.25, -0.2) is 0 Å². The van der Waals surface area contributed by atoms with E-state index < -0.39 is 0 Å². The minimum Gasteiger partial charge on any atom is -0.342 e. The molecular formula is C23H22ClN3. The first-order chi connectivity index (χ1) is 13.3. The van der Waals surface area contributed by atoms with Gasteiger partial charge >= 0.3 is 0 Å². The molecule has 0 aliphatic carbocycles. The van der Waals surface area contributed by atoms with Crippen LogP contribution in [0, 0.1) is 0 Å². The van der Waals surface area contributed by atoms with E-state index in [-0.39, 0.29) is 0 Å². The average molecular weight is 376 g/mol. The summed E-state index contributed by atoms with van der Waals surface area (Å²) < 4.78 is 2.34. The Labute approximate surface area is 164 Å². The van der Waals surface area contributed by atoms with E-state index in [4.69, 9.17) is 16.6 Å². The van der Waals surface area contributed by atoms with Gasteiger partial charge in [0, 0.05) is 34.5 Å². The highest BCUT2D eigenvalue weighted by Crippen LogP contribution is 2.35. The number of halogens is 1. The molecule has 3 nitrogen and oxygen atoms in total. The minimum absolute atomic E-state index is 0.528. The summed E-state index contributed by atoms with van der Waals surface area (Å²) in [5.41, 5.74) is 4.85. The van der Waals surface area contributed by atoms with Gasteiger partial charge in [-0.1, -0.05) is 41.9 Å². The van der Waals surface area contributed by atoms with Crippen LogP contribution in [0.15, 0.2) is 60.8 Å². The summed E-state index contributed by atoms with van der Waals surface area (Å²) in [6.45, 7) is 2.96. The Morgan fingerprint density at radius 2 is 1.85 bits per heavy atom. The minimum atomic E-state index is 0.528. The van der Waals surface area contributed by atoms with Gasteiger partial charge in [0.25, 0.3) is 0 Å². The van der Waals surface area contributed by atoms with Crippen LogP contribution < -0.4 is 5.32 Å². The SMILES string of the molecule is Clc1cccc(Cn2ccc3c(C4CCNCC4)nc4ccccc4c32)c1. The number of benzene rings is 2. The molecule has 0 radical (unpaired) electrons. The Bertz CT molecular complexity index is 1110. The summed E-state index contributed by atoms with van der Waals surface area (Å²) in [5, 5.41) is 6.76. The second-order valence-corrected chi connectivity index (χ2v) is 7.81. The van der Waals surface area contributed by atoms with Crippen LogP contribution in [0.25, 0.3) is 21.8 Å². The highest BCUT2D eigenvalue weighted by Gasteiger charge is 2.21. The predicted octanol–water partition coefficient (Wildman–Crippen LogP) is 5.36. The monoisotopic (exact) mass is 375 g/mol. The fraction of sp³-hybridized carbons (Fsp3) is 0.261. The van der Waals surface area contributed by atoms with Crippen molar-refractivity contribution in [3.8, 4) is 0 Å². The summed E-state index contributed by atoms with van der Waals surface area (Å²) in [5.74, 6) is 0.528. The summed E-state index contributed by atoms with van der Waals surface area (Å²) in [7, 11) is 0. The van der Waals surface area contributed by atoms with Crippen molar-refractivity contribution < 1.29 is 0 Å². The topological polar surface area (TPSA) is 29.9 Å². The lowest BCUT2D eigenvalue weighted by molar-refractivity contribution is 0.456. The lowest BCUT2D eigenvalue weighted by Crippen LogP contribution is -2.27. The van der Waals surface area contributed by atoms with Crippen LogP contribution in [0.4, 0.5) is 0 Å². The second kappa shape index (κ2) is 6.99. The molecule has 1 N–H and O–H groups in total. The first-order valence-corrected chi connectivity index (χ1v) is 10.00. The van der Waals surface area contributed by atoms with Gasteiger partial charge in [0.2, 0.25) is 0 Å². The second-order valence-electron chi connectivity index (χ2n) is 7.37. The molecule has 1 aliphatic rings. The standard InChI is InChI=1S/C23H22ClN3/c24-18-5-3-4-16(14-18)15-27-13-10-20-22(17-8-11-25-12-9-17)26-21-7-2-1-6-19(21)23(20)27/h1-7,10,13-14,17,25H,8-9,11-12,15H2. The molecule has 0 bridgehead atoms. The van der Waals surface area contributed by atoms with Crippen LogP contribution in [0.3, 0.4) is 0 Å². The van der Waals surface area contributed by atoms with Crippen LogP contribution in [0.1, 0.15) is 30.0 Å².